The first-order chi connectivity index (χ1) is 6.67. The lowest BCUT2D eigenvalue weighted by Crippen LogP contribution is -2.42. The molecule has 0 aromatic heterocycles. The third-order valence-electron chi connectivity index (χ3n) is 4.48. The molecule has 14 heavy (non-hydrogen) atoms. The molecule has 0 heterocycles. The van der Waals surface area contributed by atoms with E-state index in [1.165, 1.54) is 12.8 Å². The number of aliphatic hydroxyl groups is 2. The maximum absolute atomic E-state index is 10.2. The first-order valence-electron chi connectivity index (χ1n) is 6.03. The average molecular weight is 198 g/mol. The third-order valence-corrected chi connectivity index (χ3v) is 4.48. The fourth-order valence-electron chi connectivity index (χ4n) is 3.43. The van der Waals surface area contributed by atoms with Crippen molar-refractivity contribution in [2.45, 2.75) is 64.1 Å². The van der Waals surface area contributed by atoms with Crippen LogP contribution < -0.4 is 0 Å². The average Bonchev–Trinajstić information content (AvgIpc) is 2.38. The number of hydrogen-bond acceptors (Lipinski definition) is 2. The van der Waals surface area contributed by atoms with Crippen LogP contribution >= 0.6 is 0 Å². The molecule has 0 aromatic rings. The summed E-state index contributed by atoms with van der Waals surface area (Å²) in [7, 11) is 0. The summed E-state index contributed by atoms with van der Waals surface area (Å²) < 4.78 is 0. The van der Waals surface area contributed by atoms with Crippen LogP contribution in [0.2, 0.25) is 0 Å². The van der Waals surface area contributed by atoms with Crippen molar-refractivity contribution in [2.75, 3.05) is 0 Å². The highest BCUT2D eigenvalue weighted by Crippen LogP contribution is 2.50. The first-order valence-corrected chi connectivity index (χ1v) is 6.03. The van der Waals surface area contributed by atoms with Gasteiger partial charge < -0.3 is 10.2 Å². The lowest BCUT2D eigenvalue weighted by molar-refractivity contribution is -0.0662. The monoisotopic (exact) mass is 198 g/mol. The Kier molecular flexibility index (Phi) is 2.85. The molecule has 1 spiro atoms. The molecule has 0 amide bonds. The van der Waals surface area contributed by atoms with E-state index in [9.17, 15) is 10.2 Å². The second kappa shape index (κ2) is 3.82. The minimum Gasteiger partial charge on any atom is -0.392 e. The highest BCUT2D eigenvalue weighted by atomic mass is 16.3. The van der Waals surface area contributed by atoms with Gasteiger partial charge in [-0.15, -0.1) is 0 Å². The van der Waals surface area contributed by atoms with E-state index in [1.807, 2.05) is 0 Å². The summed E-state index contributed by atoms with van der Waals surface area (Å²) in [6.07, 6.45) is 7.03. The van der Waals surface area contributed by atoms with Crippen LogP contribution in [0, 0.1) is 11.3 Å². The van der Waals surface area contributed by atoms with Gasteiger partial charge in [0.05, 0.1) is 12.2 Å². The smallest absolute Gasteiger partial charge is 0.0646 e. The van der Waals surface area contributed by atoms with Gasteiger partial charge in [-0.2, -0.15) is 0 Å². The van der Waals surface area contributed by atoms with Crippen molar-refractivity contribution in [1.82, 2.24) is 0 Å². The summed E-state index contributed by atoms with van der Waals surface area (Å²) in [6.45, 7) is 2.11. The molecule has 2 N–H and O–H groups in total. The fraction of sp³-hybridized carbons (Fsp3) is 1.00. The van der Waals surface area contributed by atoms with Crippen LogP contribution in [0.4, 0.5) is 0 Å². The second-order valence-corrected chi connectivity index (χ2v) is 5.31. The molecule has 0 saturated heterocycles. The Morgan fingerprint density at radius 2 is 1.79 bits per heavy atom. The zero-order valence-electron chi connectivity index (χ0n) is 9.08. The second-order valence-electron chi connectivity index (χ2n) is 5.31. The Morgan fingerprint density at radius 3 is 2.43 bits per heavy atom. The molecule has 2 saturated carbocycles. The van der Waals surface area contributed by atoms with Gasteiger partial charge in [0.2, 0.25) is 0 Å². The van der Waals surface area contributed by atoms with Gasteiger partial charge in [0.25, 0.3) is 0 Å². The van der Waals surface area contributed by atoms with Crippen molar-refractivity contribution in [2.24, 2.45) is 11.3 Å². The molecule has 0 radical (unpaired) electrons. The summed E-state index contributed by atoms with van der Waals surface area (Å²) in [5.74, 6) is 0.378. The van der Waals surface area contributed by atoms with Crippen molar-refractivity contribution in [3.05, 3.63) is 0 Å². The van der Waals surface area contributed by atoms with Crippen LogP contribution in [-0.4, -0.2) is 22.4 Å². The van der Waals surface area contributed by atoms with E-state index in [1.54, 1.807) is 0 Å². The Labute approximate surface area is 86.3 Å². The predicted octanol–water partition coefficient (Wildman–Crippen LogP) is 2.09. The van der Waals surface area contributed by atoms with Crippen molar-refractivity contribution in [3.8, 4) is 0 Å². The number of aliphatic hydroxyl groups excluding tert-OH is 2. The van der Waals surface area contributed by atoms with E-state index in [2.05, 4.69) is 6.92 Å². The summed E-state index contributed by atoms with van der Waals surface area (Å²) in [5, 5.41) is 20.4. The molecule has 0 unspecified atom stereocenters. The van der Waals surface area contributed by atoms with Crippen molar-refractivity contribution in [3.63, 3.8) is 0 Å². The van der Waals surface area contributed by atoms with Crippen LogP contribution in [0.3, 0.4) is 0 Å². The van der Waals surface area contributed by atoms with Crippen LogP contribution in [0.5, 0.6) is 0 Å². The lowest BCUT2D eigenvalue weighted by Gasteiger charge is -2.37. The van der Waals surface area contributed by atoms with Crippen LogP contribution in [-0.2, 0) is 0 Å². The highest BCUT2D eigenvalue weighted by molar-refractivity contribution is 5.00. The van der Waals surface area contributed by atoms with E-state index in [0.29, 0.717) is 5.92 Å². The van der Waals surface area contributed by atoms with E-state index in [-0.39, 0.29) is 17.6 Å². The van der Waals surface area contributed by atoms with Gasteiger partial charge in [0.15, 0.2) is 0 Å². The fourth-order valence-corrected chi connectivity index (χ4v) is 3.43. The Bertz CT molecular complexity index is 204. The molecular weight excluding hydrogens is 176 g/mol. The predicted molar refractivity (Wildman–Crippen MR) is 55.9 cm³/mol. The van der Waals surface area contributed by atoms with E-state index >= 15 is 0 Å². The Hall–Kier alpha value is -0.0800. The van der Waals surface area contributed by atoms with E-state index in [0.717, 1.165) is 32.1 Å². The normalized spacial score (nSPS) is 49.5. The molecule has 2 heteroatoms. The minimum absolute atomic E-state index is 0.143. The van der Waals surface area contributed by atoms with Gasteiger partial charge in [-0.1, -0.05) is 26.2 Å². The molecule has 2 nitrogen and oxygen atoms in total. The highest BCUT2D eigenvalue weighted by Gasteiger charge is 2.50. The van der Waals surface area contributed by atoms with E-state index < -0.39 is 0 Å². The van der Waals surface area contributed by atoms with Gasteiger partial charge in [0, 0.05) is 5.41 Å². The Morgan fingerprint density at radius 1 is 1.00 bits per heavy atom. The Balaban J connectivity index is 2.18. The molecule has 2 rings (SSSR count). The van der Waals surface area contributed by atoms with Crippen LogP contribution in [0.1, 0.15) is 51.9 Å². The molecule has 0 aliphatic heterocycles. The molecule has 0 bridgehead atoms. The molecule has 0 aromatic carbocycles. The van der Waals surface area contributed by atoms with Crippen molar-refractivity contribution in [1.29, 1.82) is 0 Å². The first kappa shape index (κ1) is 10.4. The van der Waals surface area contributed by atoms with Gasteiger partial charge in [-0.05, 0) is 31.6 Å². The largest absolute Gasteiger partial charge is 0.392 e. The van der Waals surface area contributed by atoms with Crippen molar-refractivity contribution < 1.29 is 10.2 Å². The lowest BCUT2D eigenvalue weighted by atomic mass is 9.74. The van der Waals surface area contributed by atoms with Gasteiger partial charge in [-0.3, -0.25) is 0 Å². The molecule has 82 valence electrons. The SMILES string of the molecule is C[C@@H]1CC[C@]2(CCCCC[C@@H]2O)[C@@H]1O. The van der Waals surface area contributed by atoms with Crippen molar-refractivity contribution >= 4 is 0 Å². The zero-order valence-corrected chi connectivity index (χ0v) is 9.08. The maximum Gasteiger partial charge on any atom is 0.0646 e. The molecular formula is C12H22O2. The minimum atomic E-state index is -0.268. The van der Waals surface area contributed by atoms with E-state index in [4.69, 9.17) is 0 Å². The van der Waals surface area contributed by atoms with Gasteiger partial charge in [0.1, 0.15) is 0 Å². The van der Waals surface area contributed by atoms with Gasteiger partial charge in [-0.25, -0.2) is 0 Å². The molecule has 2 aliphatic rings. The zero-order chi connectivity index (χ0) is 10.2. The summed E-state index contributed by atoms with van der Waals surface area (Å²) in [5.41, 5.74) is -0.143. The number of rotatable bonds is 0. The third kappa shape index (κ3) is 1.49. The maximum atomic E-state index is 10.2. The molecule has 4 atom stereocenters. The molecule has 2 aliphatic carbocycles. The number of hydrogen-bond donors (Lipinski definition) is 2. The quantitative estimate of drug-likeness (QED) is 0.625. The summed E-state index contributed by atoms with van der Waals surface area (Å²) in [6, 6.07) is 0. The van der Waals surface area contributed by atoms with Gasteiger partial charge >= 0.3 is 0 Å². The topological polar surface area (TPSA) is 40.5 Å². The summed E-state index contributed by atoms with van der Waals surface area (Å²) in [4.78, 5) is 0. The molecule has 2 fully saturated rings. The van der Waals surface area contributed by atoms with Crippen LogP contribution in [0.25, 0.3) is 0 Å². The summed E-state index contributed by atoms with van der Waals surface area (Å²) >= 11 is 0. The standard InChI is InChI=1S/C12H22O2/c1-9-6-8-12(11(9)14)7-4-2-3-5-10(12)13/h9-11,13-14H,2-8H2,1H3/t9-,10+,11-,12+/m1/s1. The van der Waals surface area contributed by atoms with Crippen LogP contribution in [0.15, 0.2) is 0 Å².